The molecule has 0 bridgehead atoms. The Labute approximate surface area is 138 Å². The number of hydrogen-bond acceptors (Lipinski definition) is 3. The third kappa shape index (κ3) is 4.66. The van der Waals surface area contributed by atoms with Gasteiger partial charge in [0.2, 0.25) is 5.91 Å². The molecular weight excluding hydrogens is 316 g/mol. The number of rotatable bonds is 5. The zero-order chi connectivity index (χ0) is 16.8. The molecule has 2 aromatic carbocycles. The minimum absolute atomic E-state index is 0.0395. The molecule has 1 atom stereocenters. The van der Waals surface area contributed by atoms with Gasteiger partial charge in [0.05, 0.1) is 16.5 Å². The van der Waals surface area contributed by atoms with Crippen molar-refractivity contribution in [1.82, 2.24) is 5.32 Å². The first kappa shape index (κ1) is 16.7. The summed E-state index contributed by atoms with van der Waals surface area (Å²) in [4.78, 5) is 22.4. The van der Waals surface area contributed by atoms with Gasteiger partial charge >= 0.3 is 0 Å². The number of nitrogens with zero attached hydrogens (tertiary/aromatic N) is 1. The van der Waals surface area contributed by atoms with E-state index in [-0.39, 0.29) is 17.6 Å². The van der Waals surface area contributed by atoms with E-state index in [0.29, 0.717) is 10.6 Å². The van der Waals surface area contributed by atoms with Crippen LogP contribution in [0, 0.1) is 10.1 Å². The number of nitro benzene ring substituents is 1. The fourth-order valence-corrected chi connectivity index (χ4v) is 2.18. The molecule has 6 heteroatoms. The van der Waals surface area contributed by atoms with Crippen molar-refractivity contribution in [1.29, 1.82) is 0 Å². The van der Waals surface area contributed by atoms with Crippen molar-refractivity contribution in [3.63, 3.8) is 0 Å². The molecule has 0 unspecified atom stereocenters. The third-order valence-corrected chi connectivity index (χ3v) is 3.53. The van der Waals surface area contributed by atoms with Gasteiger partial charge in [-0.05, 0) is 36.8 Å². The van der Waals surface area contributed by atoms with E-state index >= 15 is 0 Å². The minimum atomic E-state index is -0.478. The van der Waals surface area contributed by atoms with Gasteiger partial charge in [0.15, 0.2) is 0 Å². The highest BCUT2D eigenvalue weighted by Crippen LogP contribution is 2.19. The number of carbonyl (C=O) groups is 1. The number of hydrogen-bond donors (Lipinski definition) is 1. The molecule has 0 aliphatic carbocycles. The van der Waals surface area contributed by atoms with E-state index in [4.69, 9.17) is 11.6 Å². The predicted molar refractivity (Wildman–Crippen MR) is 90.1 cm³/mol. The first-order valence-corrected chi connectivity index (χ1v) is 7.32. The number of amides is 1. The van der Waals surface area contributed by atoms with Crippen molar-refractivity contribution < 1.29 is 9.72 Å². The fourth-order valence-electron chi connectivity index (χ4n) is 2.06. The molecule has 118 valence electrons. The number of benzene rings is 2. The summed E-state index contributed by atoms with van der Waals surface area (Å²) in [7, 11) is 0. The zero-order valence-electron chi connectivity index (χ0n) is 12.4. The van der Waals surface area contributed by atoms with Gasteiger partial charge in [-0.15, -0.1) is 0 Å². The van der Waals surface area contributed by atoms with Gasteiger partial charge in [-0.1, -0.05) is 35.9 Å². The Morgan fingerprint density at radius 2 is 1.87 bits per heavy atom. The fraction of sp³-hybridized carbons (Fsp3) is 0.118. The predicted octanol–water partition coefficient (Wildman–Crippen LogP) is 4.14. The van der Waals surface area contributed by atoms with Gasteiger partial charge in [-0.25, -0.2) is 0 Å². The second-order valence-electron chi connectivity index (χ2n) is 4.93. The summed E-state index contributed by atoms with van der Waals surface area (Å²) in [6.45, 7) is 1.85. The molecule has 2 rings (SSSR count). The summed E-state index contributed by atoms with van der Waals surface area (Å²) < 4.78 is 0. The SMILES string of the molecule is C[C@H](NC(=O)/C=C/c1ccccc1[N+](=O)[O-])c1ccc(Cl)cc1. The molecule has 0 saturated carbocycles. The Kier molecular flexibility index (Phi) is 5.49. The van der Waals surface area contributed by atoms with Crippen LogP contribution in [-0.2, 0) is 4.79 Å². The highest BCUT2D eigenvalue weighted by molar-refractivity contribution is 6.30. The molecule has 23 heavy (non-hydrogen) atoms. The maximum Gasteiger partial charge on any atom is 0.276 e. The van der Waals surface area contributed by atoms with Gasteiger partial charge in [0.25, 0.3) is 5.69 Å². The molecular formula is C17H15ClN2O3. The Morgan fingerprint density at radius 3 is 2.52 bits per heavy atom. The van der Waals surface area contributed by atoms with Crippen LogP contribution in [0.25, 0.3) is 6.08 Å². The highest BCUT2D eigenvalue weighted by atomic mass is 35.5. The van der Waals surface area contributed by atoms with E-state index in [2.05, 4.69) is 5.32 Å². The topological polar surface area (TPSA) is 72.2 Å². The Morgan fingerprint density at radius 1 is 1.22 bits per heavy atom. The van der Waals surface area contributed by atoms with Crippen LogP contribution in [0.15, 0.2) is 54.6 Å². The van der Waals surface area contributed by atoms with Gasteiger partial charge in [-0.2, -0.15) is 0 Å². The smallest absolute Gasteiger partial charge is 0.276 e. The molecule has 0 aliphatic heterocycles. The van der Waals surface area contributed by atoms with Crippen LogP contribution in [0.4, 0.5) is 5.69 Å². The van der Waals surface area contributed by atoms with Crippen molar-refractivity contribution in [3.05, 3.63) is 80.9 Å². The molecule has 0 radical (unpaired) electrons. The van der Waals surface area contributed by atoms with Crippen LogP contribution in [0.1, 0.15) is 24.1 Å². The number of halogens is 1. The number of nitrogens with one attached hydrogen (secondary N) is 1. The summed E-state index contributed by atoms with van der Waals surface area (Å²) in [5.41, 5.74) is 1.26. The van der Waals surface area contributed by atoms with Crippen LogP contribution in [0.2, 0.25) is 5.02 Å². The van der Waals surface area contributed by atoms with Gasteiger partial charge in [-0.3, -0.25) is 14.9 Å². The summed E-state index contributed by atoms with van der Waals surface area (Å²) in [6, 6.07) is 13.2. The number of nitro groups is 1. The average molecular weight is 331 g/mol. The molecule has 0 fully saturated rings. The molecule has 0 aliphatic rings. The number of carbonyl (C=O) groups excluding carboxylic acids is 1. The first-order valence-electron chi connectivity index (χ1n) is 6.95. The zero-order valence-corrected chi connectivity index (χ0v) is 13.2. The average Bonchev–Trinajstić information content (AvgIpc) is 2.53. The maximum absolute atomic E-state index is 12.0. The highest BCUT2D eigenvalue weighted by Gasteiger charge is 2.11. The van der Waals surface area contributed by atoms with Crippen molar-refractivity contribution in [2.24, 2.45) is 0 Å². The molecule has 1 N–H and O–H groups in total. The van der Waals surface area contributed by atoms with E-state index < -0.39 is 4.92 Å². The van der Waals surface area contributed by atoms with Gasteiger partial charge in [0.1, 0.15) is 0 Å². The van der Waals surface area contributed by atoms with Crippen LogP contribution in [0.5, 0.6) is 0 Å². The van der Waals surface area contributed by atoms with E-state index in [1.165, 1.54) is 18.2 Å². The van der Waals surface area contributed by atoms with E-state index in [0.717, 1.165) is 5.56 Å². The van der Waals surface area contributed by atoms with E-state index in [9.17, 15) is 14.9 Å². The van der Waals surface area contributed by atoms with Gasteiger partial charge < -0.3 is 5.32 Å². The lowest BCUT2D eigenvalue weighted by atomic mass is 10.1. The molecule has 0 heterocycles. The lowest BCUT2D eigenvalue weighted by Crippen LogP contribution is -2.24. The van der Waals surface area contributed by atoms with Crippen molar-refractivity contribution in [2.75, 3.05) is 0 Å². The second-order valence-corrected chi connectivity index (χ2v) is 5.37. The molecule has 1 amide bonds. The Hall–Kier alpha value is -2.66. The molecule has 5 nitrogen and oxygen atoms in total. The van der Waals surface area contributed by atoms with Crippen LogP contribution < -0.4 is 5.32 Å². The second kappa shape index (κ2) is 7.56. The minimum Gasteiger partial charge on any atom is -0.346 e. The summed E-state index contributed by atoms with van der Waals surface area (Å²) in [6.07, 6.45) is 2.72. The van der Waals surface area contributed by atoms with Crippen molar-refractivity contribution in [3.8, 4) is 0 Å². The molecule has 2 aromatic rings. The Bertz CT molecular complexity index is 742. The summed E-state index contributed by atoms with van der Waals surface area (Å²) in [5.74, 6) is -0.328. The van der Waals surface area contributed by atoms with E-state index in [1.54, 1.807) is 30.3 Å². The van der Waals surface area contributed by atoms with Crippen molar-refractivity contribution in [2.45, 2.75) is 13.0 Å². The largest absolute Gasteiger partial charge is 0.346 e. The quantitative estimate of drug-likeness (QED) is 0.508. The van der Waals surface area contributed by atoms with E-state index in [1.807, 2.05) is 19.1 Å². The standard InChI is InChI=1S/C17H15ClN2O3/c1-12(13-6-9-15(18)10-7-13)19-17(21)11-8-14-4-2-3-5-16(14)20(22)23/h2-12H,1H3,(H,19,21)/b11-8+/t12-/m0/s1. The lowest BCUT2D eigenvalue weighted by Gasteiger charge is -2.12. The monoisotopic (exact) mass is 330 g/mol. The van der Waals surface area contributed by atoms with Crippen LogP contribution in [0.3, 0.4) is 0 Å². The van der Waals surface area contributed by atoms with Gasteiger partial charge in [0, 0.05) is 17.2 Å². The summed E-state index contributed by atoms with van der Waals surface area (Å²) >= 11 is 5.83. The molecule has 0 spiro atoms. The maximum atomic E-state index is 12.0. The lowest BCUT2D eigenvalue weighted by molar-refractivity contribution is -0.385. The molecule has 0 aromatic heterocycles. The third-order valence-electron chi connectivity index (χ3n) is 3.28. The van der Waals surface area contributed by atoms with Crippen LogP contribution >= 0.6 is 11.6 Å². The summed E-state index contributed by atoms with van der Waals surface area (Å²) in [5, 5.41) is 14.3. The first-order chi connectivity index (χ1) is 11.0. The normalized spacial score (nSPS) is 12.1. The van der Waals surface area contributed by atoms with Crippen LogP contribution in [-0.4, -0.2) is 10.8 Å². The molecule has 0 saturated heterocycles. The van der Waals surface area contributed by atoms with Crippen molar-refractivity contribution >= 4 is 29.3 Å². The number of para-hydroxylation sites is 1. The Balaban J connectivity index is 2.04.